The second kappa shape index (κ2) is 8.32. The summed E-state index contributed by atoms with van der Waals surface area (Å²) in [6, 6.07) is 0. The van der Waals surface area contributed by atoms with Crippen molar-refractivity contribution in [3.8, 4) is 0 Å². The van der Waals surface area contributed by atoms with E-state index in [-0.39, 0.29) is 16.7 Å². The van der Waals surface area contributed by atoms with Crippen molar-refractivity contribution in [1.29, 1.82) is 0 Å². The molecular weight excluding hydrogens is 376 g/mol. The Labute approximate surface area is 183 Å². The van der Waals surface area contributed by atoms with Gasteiger partial charge in [0, 0.05) is 0 Å². The molecule has 0 bridgehead atoms. The highest BCUT2D eigenvalue weighted by atomic mass is 16.3. The molecule has 4 fully saturated rings. The standard InChI is InChI=1S/C26H46O4/c1-5-6-21(27)24(30)15(2)18-9-10-19-17-8-7-16-13-22(28)23(29)14-26(16,4)20(17)11-12-25(18,19)3/h15-24,27-30H,5-14H2,1-4H3/t15-,16-,17-,18+,19-,20-,21+,22-,23+,24+,25+,26-/m0/s1. The largest absolute Gasteiger partial charge is 0.390 e. The van der Waals surface area contributed by atoms with Gasteiger partial charge in [0.2, 0.25) is 0 Å². The predicted molar refractivity (Wildman–Crippen MR) is 119 cm³/mol. The van der Waals surface area contributed by atoms with Gasteiger partial charge in [-0.25, -0.2) is 0 Å². The molecule has 0 heterocycles. The summed E-state index contributed by atoms with van der Waals surface area (Å²) in [5.41, 5.74) is 0.410. The summed E-state index contributed by atoms with van der Waals surface area (Å²) >= 11 is 0. The summed E-state index contributed by atoms with van der Waals surface area (Å²) in [5, 5.41) is 42.0. The molecule has 4 aliphatic rings. The molecule has 0 radical (unpaired) electrons. The molecule has 0 unspecified atom stereocenters. The summed E-state index contributed by atoms with van der Waals surface area (Å²) in [5.74, 6) is 3.22. The van der Waals surface area contributed by atoms with Gasteiger partial charge < -0.3 is 20.4 Å². The van der Waals surface area contributed by atoms with Gasteiger partial charge in [-0.15, -0.1) is 0 Å². The highest BCUT2D eigenvalue weighted by Gasteiger charge is 2.61. The van der Waals surface area contributed by atoms with Gasteiger partial charge in [0.15, 0.2) is 0 Å². The van der Waals surface area contributed by atoms with Gasteiger partial charge in [0.25, 0.3) is 0 Å². The molecule has 0 aromatic carbocycles. The number of fused-ring (bicyclic) bond motifs is 5. The lowest BCUT2D eigenvalue weighted by Crippen LogP contribution is -2.57. The first kappa shape index (κ1) is 23.0. The van der Waals surface area contributed by atoms with E-state index in [0.29, 0.717) is 36.0 Å². The Morgan fingerprint density at radius 1 is 0.900 bits per heavy atom. The van der Waals surface area contributed by atoms with Gasteiger partial charge in [0.05, 0.1) is 24.4 Å². The fourth-order valence-electron chi connectivity index (χ4n) is 9.23. The molecule has 0 aliphatic heterocycles. The Morgan fingerprint density at radius 3 is 2.30 bits per heavy atom. The van der Waals surface area contributed by atoms with Gasteiger partial charge >= 0.3 is 0 Å². The van der Waals surface area contributed by atoms with E-state index in [1.165, 1.54) is 38.5 Å². The van der Waals surface area contributed by atoms with Gasteiger partial charge in [-0.3, -0.25) is 0 Å². The maximum absolute atomic E-state index is 10.9. The van der Waals surface area contributed by atoms with Crippen LogP contribution in [0.5, 0.6) is 0 Å². The van der Waals surface area contributed by atoms with E-state index in [2.05, 4.69) is 27.7 Å². The molecule has 0 saturated heterocycles. The average Bonchev–Trinajstić information content (AvgIpc) is 3.05. The normalized spacial score (nSPS) is 51.4. The second-order valence-corrected chi connectivity index (χ2v) is 12.2. The van der Waals surface area contributed by atoms with E-state index >= 15 is 0 Å². The Morgan fingerprint density at radius 2 is 1.60 bits per heavy atom. The average molecular weight is 423 g/mol. The van der Waals surface area contributed by atoms with Gasteiger partial charge in [-0.1, -0.05) is 34.1 Å². The molecule has 30 heavy (non-hydrogen) atoms. The summed E-state index contributed by atoms with van der Waals surface area (Å²) in [7, 11) is 0. The third kappa shape index (κ3) is 3.49. The van der Waals surface area contributed by atoms with Crippen LogP contribution >= 0.6 is 0 Å². The molecular formula is C26H46O4. The number of rotatable bonds is 5. The van der Waals surface area contributed by atoms with Crippen molar-refractivity contribution in [3.63, 3.8) is 0 Å². The summed E-state index contributed by atoms with van der Waals surface area (Å²) in [6.45, 7) is 9.12. The van der Waals surface area contributed by atoms with Crippen LogP contribution in [0.1, 0.15) is 91.9 Å². The molecule has 4 N–H and O–H groups in total. The zero-order chi connectivity index (χ0) is 21.8. The van der Waals surface area contributed by atoms with E-state index in [0.717, 1.165) is 19.3 Å². The minimum atomic E-state index is -0.619. The second-order valence-electron chi connectivity index (χ2n) is 12.2. The Kier molecular flexibility index (Phi) is 6.38. The van der Waals surface area contributed by atoms with Gasteiger partial charge in [-0.2, -0.15) is 0 Å². The fourth-order valence-corrected chi connectivity index (χ4v) is 9.23. The van der Waals surface area contributed by atoms with Crippen LogP contribution in [0.25, 0.3) is 0 Å². The lowest BCUT2D eigenvalue weighted by molar-refractivity contribution is -0.163. The SMILES string of the molecule is CCC[C@@H](O)[C@H](O)[C@@H](C)[C@H]1CC[C@H]2[C@@H]3CC[C@H]4C[C@H](O)[C@H](O)C[C@]4(C)[C@H]3CC[C@]12C. The summed E-state index contributed by atoms with van der Waals surface area (Å²) in [6.07, 6.45) is 8.05. The molecule has 0 aromatic rings. The minimum Gasteiger partial charge on any atom is -0.390 e. The Balaban J connectivity index is 1.53. The fraction of sp³-hybridized carbons (Fsp3) is 1.00. The number of hydrogen-bond donors (Lipinski definition) is 4. The van der Waals surface area contributed by atoms with E-state index < -0.39 is 24.4 Å². The molecule has 4 saturated carbocycles. The summed E-state index contributed by atoms with van der Waals surface area (Å²) in [4.78, 5) is 0. The zero-order valence-electron chi connectivity index (χ0n) is 19.6. The van der Waals surface area contributed by atoms with Crippen LogP contribution in [0.3, 0.4) is 0 Å². The van der Waals surface area contributed by atoms with Crippen molar-refractivity contribution in [2.45, 2.75) is 116 Å². The maximum atomic E-state index is 10.9. The van der Waals surface area contributed by atoms with Crippen LogP contribution in [0.15, 0.2) is 0 Å². The third-order valence-electron chi connectivity index (χ3n) is 10.9. The molecule has 0 aromatic heterocycles. The number of aliphatic hydroxyl groups is 4. The smallest absolute Gasteiger partial charge is 0.0827 e. The van der Waals surface area contributed by atoms with Crippen molar-refractivity contribution in [2.24, 2.45) is 46.3 Å². The van der Waals surface area contributed by atoms with Crippen LogP contribution in [0.2, 0.25) is 0 Å². The first-order chi connectivity index (χ1) is 14.1. The lowest BCUT2D eigenvalue weighted by atomic mass is 9.44. The van der Waals surface area contributed by atoms with Gasteiger partial charge in [-0.05, 0) is 104 Å². The van der Waals surface area contributed by atoms with E-state index in [1.54, 1.807) is 0 Å². The van der Waals surface area contributed by atoms with Crippen LogP contribution < -0.4 is 0 Å². The highest BCUT2D eigenvalue weighted by Crippen LogP contribution is 2.68. The monoisotopic (exact) mass is 422 g/mol. The molecule has 4 rings (SSSR count). The van der Waals surface area contributed by atoms with E-state index in [1.807, 2.05) is 0 Å². The number of hydrogen-bond acceptors (Lipinski definition) is 4. The topological polar surface area (TPSA) is 80.9 Å². The highest BCUT2D eigenvalue weighted by molar-refractivity contribution is 5.11. The van der Waals surface area contributed by atoms with Crippen LogP contribution in [0.4, 0.5) is 0 Å². The maximum Gasteiger partial charge on any atom is 0.0827 e. The van der Waals surface area contributed by atoms with Crippen LogP contribution in [-0.2, 0) is 0 Å². The molecule has 12 atom stereocenters. The first-order valence-corrected chi connectivity index (χ1v) is 12.9. The zero-order valence-corrected chi connectivity index (χ0v) is 19.6. The molecule has 0 amide bonds. The molecule has 0 spiro atoms. The Bertz CT molecular complexity index is 610. The van der Waals surface area contributed by atoms with E-state index in [4.69, 9.17) is 0 Å². The van der Waals surface area contributed by atoms with Crippen LogP contribution in [0, 0.1) is 46.3 Å². The number of aliphatic hydroxyl groups excluding tert-OH is 4. The summed E-state index contributed by atoms with van der Waals surface area (Å²) < 4.78 is 0. The van der Waals surface area contributed by atoms with Crippen LogP contribution in [-0.4, -0.2) is 44.8 Å². The third-order valence-corrected chi connectivity index (χ3v) is 10.9. The molecule has 174 valence electrons. The van der Waals surface area contributed by atoms with Crippen molar-refractivity contribution < 1.29 is 20.4 Å². The molecule has 4 aliphatic carbocycles. The van der Waals surface area contributed by atoms with E-state index in [9.17, 15) is 20.4 Å². The van der Waals surface area contributed by atoms with Crippen molar-refractivity contribution in [3.05, 3.63) is 0 Å². The van der Waals surface area contributed by atoms with Crippen molar-refractivity contribution >= 4 is 0 Å². The quantitative estimate of drug-likeness (QED) is 0.537. The predicted octanol–water partition coefficient (Wildman–Crippen LogP) is 4.14. The van der Waals surface area contributed by atoms with Gasteiger partial charge in [0.1, 0.15) is 0 Å². The minimum absolute atomic E-state index is 0.136. The Hall–Kier alpha value is -0.160. The molecule has 4 heteroatoms. The van der Waals surface area contributed by atoms with Crippen molar-refractivity contribution in [2.75, 3.05) is 0 Å². The first-order valence-electron chi connectivity index (χ1n) is 12.9. The van der Waals surface area contributed by atoms with Crippen molar-refractivity contribution in [1.82, 2.24) is 0 Å². The molecule has 4 nitrogen and oxygen atoms in total. The lowest BCUT2D eigenvalue weighted by Gasteiger charge is -2.61.